The molecule has 0 saturated heterocycles. The highest BCUT2D eigenvalue weighted by Crippen LogP contribution is 2.33. The van der Waals surface area contributed by atoms with Crippen LogP contribution in [0.5, 0.6) is 0 Å². The minimum Gasteiger partial charge on any atom is -0.335 e. The standard InChI is InChI=1S/C33H31FN8O3S/c1-46(44,45)8-7-19-9-21(11-24(34)10-19)27-17-36-18-28-29(27)40-32(39-28)30-26-13-23(15-37-31(26)42-41-30)22-12-25(16-35-14-22)38-33(43)20-5-3-2-4-6-20/h9-18,20H,2-8H2,1H3,(H,38,43)(H,39,40)(H,37,41,42). The Labute approximate surface area is 264 Å². The van der Waals surface area contributed by atoms with Gasteiger partial charge in [-0.25, -0.2) is 22.8 Å². The van der Waals surface area contributed by atoms with Gasteiger partial charge in [-0.1, -0.05) is 25.3 Å². The molecule has 0 radical (unpaired) electrons. The van der Waals surface area contributed by atoms with Gasteiger partial charge in [0.1, 0.15) is 21.3 Å². The average molecular weight is 639 g/mol. The number of aromatic amines is 2. The number of pyridine rings is 3. The van der Waals surface area contributed by atoms with E-state index < -0.39 is 15.7 Å². The summed E-state index contributed by atoms with van der Waals surface area (Å²) in [6, 6.07) is 8.32. The zero-order valence-corrected chi connectivity index (χ0v) is 25.9. The maximum absolute atomic E-state index is 14.6. The van der Waals surface area contributed by atoms with Crippen molar-refractivity contribution >= 4 is 43.5 Å². The minimum absolute atomic E-state index is 0.0336. The van der Waals surface area contributed by atoms with Crippen molar-refractivity contribution in [2.45, 2.75) is 38.5 Å². The molecule has 1 saturated carbocycles. The molecular formula is C33H31FN8O3S. The molecule has 0 spiro atoms. The number of hydrogen-bond donors (Lipinski definition) is 3. The zero-order chi connectivity index (χ0) is 31.8. The molecule has 1 amide bonds. The van der Waals surface area contributed by atoms with Gasteiger partial charge in [0.2, 0.25) is 5.91 Å². The first-order chi connectivity index (χ1) is 22.2. The van der Waals surface area contributed by atoms with Crippen LogP contribution < -0.4 is 5.32 Å². The van der Waals surface area contributed by atoms with Crippen molar-refractivity contribution in [1.82, 2.24) is 35.1 Å². The Bertz CT molecular complexity index is 2210. The predicted octanol–water partition coefficient (Wildman–Crippen LogP) is 5.87. The number of carbonyl (C=O) groups excluding carboxylic acids is 1. The maximum atomic E-state index is 14.6. The molecule has 13 heteroatoms. The summed E-state index contributed by atoms with van der Waals surface area (Å²) in [6.45, 7) is 0. The number of amides is 1. The number of carbonyl (C=O) groups is 1. The van der Waals surface area contributed by atoms with Gasteiger partial charge in [0.25, 0.3) is 0 Å². The molecule has 5 heterocycles. The molecule has 1 aliphatic carbocycles. The lowest BCUT2D eigenvalue weighted by atomic mass is 9.88. The van der Waals surface area contributed by atoms with Crippen molar-refractivity contribution in [2.75, 3.05) is 17.3 Å². The fourth-order valence-electron chi connectivity index (χ4n) is 6.03. The first-order valence-electron chi connectivity index (χ1n) is 15.1. The largest absolute Gasteiger partial charge is 0.335 e. The zero-order valence-electron chi connectivity index (χ0n) is 25.0. The third-order valence-corrected chi connectivity index (χ3v) is 9.33. The summed E-state index contributed by atoms with van der Waals surface area (Å²) in [5.41, 5.74) is 6.22. The molecule has 0 atom stereocenters. The van der Waals surface area contributed by atoms with E-state index in [1.807, 2.05) is 12.1 Å². The Morgan fingerprint density at radius 3 is 2.59 bits per heavy atom. The number of nitrogens with one attached hydrogen (secondary N) is 3. The summed E-state index contributed by atoms with van der Waals surface area (Å²) in [5, 5.41) is 11.2. The van der Waals surface area contributed by atoms with Crippen LogP contribution in [-0.2, 0) is 21.1 Å². The number of H-pyrrole nitrogens is 2. The molecular weight excluding hydrogens is 607 g/mol. The van der Waals surface area contributed by atoms with Crippen LogP contribution in [0.4, 0.5) is 10.1 Å². The van der Waals surface area contributed by atoms with Crippen LogP contribution in [-0.4, -0.2) is 61.5 Å². The van der Waals surface area contributed by atoms with Gasteiger partial charge in [-0.05, 0) is 54.7 Å². The van der Waals surface area contributed by atoms with Crippen molar-refractivity contribution < 1.29 is 17.6 Å². The average Bonchev–Trinajstić information content (AvgIpc) is 3.68. The van der Waals surface area contributed by atoms with Gasteiger partial charge in [0.05, 0.1) is 40.3 Å². The second-order valence-corrected chi connectivity index (χ2v) is 14.1. The van der Waals surface area contributed by atoms with Gasteiger partial charge in [-0.2, -0.15) is 5.10 Å². The number of anilines is 1. The van der Waals surface area contributed by atoms with Crippen LogP contribution in [0.2, 0.25) is 0 Å². The Morgan fingerprint density at radius 1 is 0.957 bits per heavy atom. The van der Waals surface area contributed by atoms with Crippen molar-refractivity contribution in [3.8, 4) is 33.8 Å². The molecule has 3 N–H and O–H groups in total. The highest BCUT2D eigenvalue weighted by atomic mass is 32.2. The van der Waals surface area contributed by atoms with Gasteiger partial charge in [-0.3, -0.25) is 19.9 Å². The third-order valence-electron chi connectivity index (χ3n) is 8.39. The molecule has 5 aromatic heterocycles. The monoisotopic (exact) mass is 638 g/mol. The van der Waals surface area contributed by atoms with Gasteiger partial charge < -0.3 is 10.3 Å². The van der Waals surface area contributed by atoms with Gasteiger partial charge >= 0.3 is 0 Å². The molecule has 7 rings (SSSR count). The van der Waals surface area contributed by atoms with Gasteiger partial charge in [0.15, 0.2) is 11.5 Å². The Morgan fingerprint density at radius 2 is 1.76 bits per heavy atom. The number of halogens is 1. The second-order valence-electron chi connectivity index (χ2n) is 11.9. The van der Waals surface area contributed by atoms with Crippen LogP contribution in [0.1, 0.15) is 37.7 Å². The van der Waals surface area contributed by atoms with E-state index in [1.165, 1.54) is 18.6 Å². The molecule has 46 heavy (non-hydrogen) atoms. The van der Waals surface area contributed by atoms with Crippen LogP contribution >= 0.6 is 0 Å². The lowest BCUT2D eigenvalue weighted by Crippen LogP contribution is -2.24. The second kappa shape index (κ2) is 12.0. The summed E-state index contributed by atoms with van der Waals surface area (Å²) in [7, 11) is -3.21. The molecule has 1 fully saturated rings. The number of rotatable bonds is 8. The van der Waals surface area contributed by atoms with Crippen molar-refractivity contribution in [3.63, 3.8) is 0 Å². The highest BCUT2D eigenvalue weighted by molar-refractivity contribution is 7.90. The predicted molar refractivity (Wildman–Crippen MR) is 174 cm³/mol. The van der Waals surface area contributed by atoms with Crippen LogP contribution in [0.3, 0.4) is 0 Å². The molecule has 0 unspecified atom stereocenters. The fourth-order valence-corrected chi connectivity index (χ4v) is 6.64. The van der Waals surface area contributed by atoms with E-state index in [1.54, 1.807) is 37.1 Å². The molecule has 1 aromatic carbocycles. The summed E-state index contributed by atoms with van der Waals surface area (Å²) in [6.07, 6.45) is 14.9. The van der Waals surface area contributed by atoms with Crippen LogP contribution in [0.15, 0.2) is 61.3 Å². The van der Waals surface area contributed by atoms with Crippen molar-refractivity contribution in [2.24, 2.45) is 5.92 Å². The van der Waals surface area contributed by atoms with E-state index >= 15 is 0 Å². The fraction of sp³-hybridized carbons (Fsp3) is 0.273. The molecule has 0 aliphatic heterocycles. The smallest absolute Gasteiger partial charge is 0.227 e. The number of nitrogens with zero attached hydrogens (tertiary/aromatic N) is 5. The summed E-state index contributed by atoms with van der Waals surface area (Å²) in [4.78, 5) is 34.2. The lowest BCUT2D eigenvalue weighted by molar-refractivity contribution is -0.120. The van der Waals surface area contributed by atoms with Gasteiger partial charge in [-0.15, -0.1) is 0 Å². The molecule has 0 bridgehead atoms. The Hall–Kier alpha value is -5.04. The number of fused-ring (bicyclic) bond motifs is 2. The first-order valence-corrected chi connectivity index (χ1v) is 17.2. The summed E-state index contributed by atoms with van der Waals surface area (Å²) >= 11 is 0. The summed E-state index contributed by atoms with van der Waals surface area (Å²) in [5.74, 6) is 0.00585. The normalized spacial score (nSPS) is 14.2. The number of aryl methyl sites for hydroxylation is 1. The summed E-state index contributed by atoms with van der Waals surface area (Å²) < 4.78 is 38.0. The number of aromatic nitrogens is 7. The number of sulfone groups is 1. The van der Waals surface area contributed by atoms with E-state index in [-0.39, 0.29) is 24.0 Å². The van der Waals surface area contributed by atoms with E-state index in [0.29, 0.717) is 50.6 Å². The quantitative estimate of drug-likeness (QED) is 0.187. The molecule has 1 aliphatic rings. The van der Waals surface area contributed by atoms with Crippen molar-refractivity contribution in [3.05, 3.63) is 72.7 Å². The number of benzene rings is 1. The van der Waals surface area contributed by atoms with E-state index in [9.17, 15) is 17.6 Å². The molecule has 11 nitrogen and oxygen atoms in total. The minimum atomic E-state index is -3.21. The van der Waals surface area contributed by atoms with E-state index in [2.05, 4.69) is 35.5 Å². The van der Waals surface area contributed by atoms with Gasteiger partial charge in [0, 0.05) is 47.5 Å². The first kappa shape index (κ1) is 29.7. The van der Waals surface area contributed by atoms with E-state index in [4.69, 9.17) is 4.98 Å². The Balaban J connectivity index is 1.21. The molecule has 234 valence electrons. The Kier molecular flexibility index (Phi) is 7.77. The third kappa shape index (κ3) is 6.23. The molecule has 6 aromatic rings. The van der Waals surface area contributed by atoms with Crippen molar-refractivity contribution in [1.29, 1.82) is 0 Å². The van der Waals surface area contributed by atoms with Crippen LogP contribution in [0.25, 0.3) is 55.8 Å². The maximum Gasteiger partial charge on any atom is 0.227 e. The van der Waals surface area contributed by atoms with E-state index in [0.717, 1.165) is 48.5 Å². The topological polar surface area (TPSA) is 159 Å². The highest BCUT2D eigenvalue weighted by Gasteiger charge is 2.22. The number of imidazole rings is 1. The number of hydrogen-bond acceptors (Lipinski definition) is 8. The lowest BCUT2D eigenvalue weighted by Gasteiger charge is -2.20. The van der Waals surface area contributed by atoms with Crippen LogP contribution in [0, 0.1) is 11.7 Å². The SMILES string of the molecule is CS(=O)(=O)CCc1cc(F)cc(-c2cncc3[nH]c(-c4[nH]nc5ncc(-c6cncc(NC(=O)C7CCCCC7)c6)cc45)nc23)c1.